The highest BCUT2D eigenvalue weighted by Gasteiger charge is 2.08. The summed E-state index contributed by atoms with van der Waals surface area (Å²) in [6.45, 7) is 5.81. The van der Waals surface area contributed by atoms with Crippen molar-refractivity contribution in [1.82, 2.24) is 9.97 Å². The Labute approximate surface area is 117 Å². The van der Waals surface area contributed by atoms with Crippen molar-refractivity contribution in [1.29, 1.82) is 0 Å². The maximum atomic E-state index is 6.14. The van der Waals surface area contributed by atoms with Crippen LogP contribution in [0.25, 0.3) is 0 Å². The maximum absolute atomic E-state index is 6.14. The maximum Gasteiger partial charge on any atom is 0.226 e. The zero-order valence-corrected chi connectivity index (χ0v) is 12.2. The van der Waals surface area contributed by atoms with Crippen molar-refractivity contribution in [3.05, 3.63) is 40.0 Å². The topological polar surface area (TPSA) is 47.0 Å². The molecule has 0 amide bonds. The van der Waals surface area contributed by atoms with Crippen LogP contribution in [0, 0.1) is 20.8 Å². The Morgan fingerprint density at radius 3 is 2.32 bits per heavy atom. The molecule has 0 spiro atoms. The molecule has 5 heteroatoms. The van der Waals surface area contributed by atoms with Gasteiger partial charge in [0.15, 0.2) is 0 Å². The van der Waals surface area contributed by atoms with Gasteiger partial charge in [-0.2, -0.15) is 4.98 Å². The molecule has 2 aromatic rings. The second-order valence-electron chi connectivity index (χ2n) is 4.40. The number of aromatic nitrogens is 2. The summed E-state index contributed by atoms with van der Waals surface area (Å²) in [5.74, 6) is 1.80. The first kappa shape index (κ1) is 13.6. The van der Waals surface area contributed by atoms with Gasteiger partial charge in [-0.15, -0.1) is 0 Å². The first-order valence-electron chi connectivity index (χ1n) is 5.97. The number of hydrogen-bond acceptors (Lipinski definition) is 4. The zero-order valence-electron chi connectivity index (χ0n) is 11.4. The fraction of sp³-hybridized carbons (Fsp3) is 0.286. The van der Waals surface area contributed by atoms with Crippen molar-refractivity contribution in [2.24, 2.45) is 0 Å². The second-order valence-corrected chi connectivity index (χ2v) is 4.78. The molecule has 4 nitrogen and oxygen atoms in total. The summed E-state index contributed by atoms with van der Waals surface area (Å²) in [6.07, 6.45) is 1.73. The molecule has 0 unspecified atom stereocenters. The molecule has 0 aliphatic heterocycles. The third-order valence-electron chi connectivity index (χ3n) is 2.77. The standard InChI is InChI=1S/C14H16ClN3O/c1-8-5-11(6-9(2)12(8)15)19-13-10(3)7-17-14(16-4)18-13/h5-7H,1-4H3,(H,16,17,18). The van der Waals surface area contributed by atoms with Gasteiger partial charge in [-0.05, 0) is 44.0 Å². The predicted molar refractivity (Wildman–Crippen MR) is 77.3 cm³/mol. The van der Waals surface area contributed by atoms with Crippen LogP contribution in [0.5, 0.6) is 11.6 Å². The summed E-state index contributed by atoms with van der Waals surface area (Å²) >= 11 is 6.14. The van der Waals surface area contributed by atoms with Crippen LogP contribution >= 0.6 is 11.6 Å². The first-order chi connectivity index (χ1) is 9.01. The smallest absolute Gasteiger partial charge is 0.226 e. The quantitative estimate of drug-likeness (QED) is 0.925. The average molecular weight is 278 g/mol. The summed E-state index contributed by atoms with van der Waals surface area (Å²) in [7, 11) is 1.77. The number of halogens is 1. The van der Waals surface area contributed by atoms with Crippen molar-refractivity contribution in [3.8, 4) is 11.6 Å². The molecule has 0 saturated heterocycles. The highest BCUT2D eigenvalue weighted by atomic mass is 35.5. The lowest BCUT2D eigenvalue weighted by Crippen LogP contribution is -2.00. The van der Waals surface area contributed by atoms with Gasteiger partial charge < -0.3 is 10.1 Å². The van der Waals surface area contributed by atoms with E-state index in [2.05, 4.69) is 15.3 Å². The zero-order chi connectivity index (χ0) is 14.0. The van der Waals surface area contributed by atoms with Gasteiger partial charge >= 0.3 is 0 Å². The lowest BCUT2D eigenvalue weighted by Gasteiger charge is -2.11. The first-order valence-corrected chi connectivity index (χ1v) is 6.35. The van der Waals surface area contributed by atoms with Crippen molar-refractivity contribution in [2.45, 2.75) is 20.8 Å². The Morgan fingerprint density at radius 1 is 1.11 bits per heavy atom. The fourth-order valence-corrected chi connectivity index (χ4v) is 1.84. The minimum atomic E-state index is 0.531. The van der Waals surface area contributed by atoms with Crippen molar-refractivity contribution < 1.29 is 4.74 Å². The number of anilines is 1. The number of nitrogens with zero attached hydrogens (tertiary/aromatic N) is 2. The number of benzene rings is 1. The molecule has 0 atom stereocenters. The molecule has 100 valence electrons. The van der Waals surface area contributed by atoms with Gasteiger partial charge in [-0.25, -0.2) is 4.98 Å². The van der Waals surface area contributed by atoms with Gasteiger partial charge in [0.05, 0.1) is 0 Å². The largest absolute Gasteiger partial charge is 0.439 e. The minimum Gasteiger partial charge on any atom is -0.439 e. The van der Waals surface area contributed by atoms with E-state index < -0.39 is 0 Å². The Balaban J connectivity index is 2.36. The van der Waals surface area contributed by atoms with E-state index in [1.54, 1.807) is 13.2 Å². The normalized spacial score (nSPS) is 10.4. The van der Waals surface area contributed by atoms with E-state index in [9.17, 15) is 0 Å². The van der Waals surface area contributed by atoms with Crippen molar-refractivity contribution in [2.75, 3.05) is 12.4 Å². The van der Waals surface area contributed by atoms with Crippen LogP contribution in [0.4, 0.5) is 5.95 Å². The van der Waals surface area contributed by atoms with Crippen LogP contribution in [-0.4, -0.2) is 17.0 Å². The van der Waals surface area contributed by atoms with Gasteiger partial charge in [0.25, 0.3) is 0 Å². The third kappa shape index (κ3) is 2.96. The summed E-state index contributed by atoms with van der Waals surface area (Å²) in [5, 5.41) is 3.66. The van der Waals surface area contributed by atoms with E-state index in [-0.39, 0.29) is 0 Å². The van der Waals surface area contributed by atoms with E-state index in [4.69, 9.17) is 16.3 Å². The number of aryl methyl sites for hydroxylation is 3. The molecule has 1 aromatic carbocycles. The predicted octanol–water partition coefficient (Wildman–Crippen LogP) is 3.89. The number of rotatable bonds is 3. The van der Waals surface area contributed by atoms with E-state index in [0.717, 1.165) is 27.5 Å². The lowest BCUT2D eigenvalue weighted by atomic mass is 10.1. The van der Waals surface area contributed by atoms with Gasteiger partial charge in [-0.1, -0.05) is 11.6 Å². The van der Waals surface area contributed by atoms with Crippen molar-refractivity contribution >= 4 is 17.5 Å². The number of hydrogen-bond donors (Lipinski definition) is 1. The highest BCUT2D eigenvalue weighted by Crippen LogP contribution is 2.29. The molecule has 0 radical (unpaired) electrons. The molecule has 1 N–H and O–H groups in total. The highest BCUT2D eigenvalue weighted by molar-refractivity contribution is 6.32. The number of ether oxygens (including phenoxy) is 1. The second kappa shape index (κ2) is 5.45. The summed E-state index contributed by atoms with van der Waals surface area (Å²) in [5.41, 5.74) is 2.85. The molecular weight excluding hydrogens is 262 g/mol. The van der Waals surface area contributed by atoms with E-state index >= 15 is 0 Å². The SMILES string of the molecule is CNc1ncc(C)c(Oc2cc(C)c(Cl)c(C)c2)n1. The van der Waals surface area contributed by atoms with E-state index in [1.165, 1.54) is 0 Å². The van der Waals surface area contributed by atoms with Crippen LogP contribution in [0.3, 0.4) is 0 Å². The summed E-state index contributed by atoms with van der Waals surface area (Å²) in [6, 6.07) is 3.80. The van der Waals surface area contributed by atoms with Crippen molar-refractivity contribution in [3.63, 3.8) is 0 Å². The van der Waals surface area contributed by atoms with Gasteiger partial charge in [0, 0.05) is 23.8 Å². The molecule has 0 bridgehead atoms. The Kier molecular flexibility index (Phi) is 3.90. The van der Waals surface area contributed by atoms with E-state index in [1.807, 2.05) is 32.9 Å². The molecule has 1 heterocycles. The molecule has 19 heavy (non-hydrogen) atoms. The van der Waals surface area contributed by atoms with Crippen LogP contribution < -0.4 is 10.1 Å². The third-order valence-corrected chi connectivity index (χ3v) is 3.37. The lowest BCUT2D eigenvalue weighted by molar-refractivity contribution is 0.457. The molecule has 1 aromatic heterocycles. The Morgan fingerprint density at radius 2 is 1.74 bits per heavy atom. The minimum absolute atomic E-state index is 0.531. The van der Waals surface area contributed by atoms with Gasteiger partial charge in [-0.3, -0.25) is 0 Å². The molecule has 0 aliphatic carbocycles. The summed E-state index contributed by atoms with van der Waals surface area (Å²) < 4.78 is 5.82. The van der Waals surface area contributed by atoms with Crippen LogP contribution in [0.15, 0.2) is 18.3 Å². The molecule has 0 aliphatic rings. The Bertz CT molecular complexity index is 591. The number of nitrogens with one attached hydrogen (secondary N) is 1. The summed E-state index contributed by atoms with van der Waals surface area (Å²) in [4.78, 5) is 8.42. The molecule has 2 rings (SSSR count). The van der Waals surface area contributed by atoms with Gasteiger partial charge in [0.2, 0.25) is 11.8 Å². The molecule has 0 fully saturated rings. The monoisotopic (exact) mass is 277 g/mol. The fourth-order valence-electron chi connectivity index (χ4n) is 1.73. The van der Waals surface area contributed by atoms with Crippen LogP contribution in [0.2, 0.25) is 5.02 Å². The van der Waals surface area contributed by atoms with Gasteiger partial charge in [0.1, 0.15) is 5.75 Å². The average Bonchev–Trinajstić information content (AvgIpc) is 2.38. The van der Waals surface area contributed by atoms with Crippen LogP contribution in [-0.2, 0) is 0 Å². The molecular formula is C14H16ClN3O. The Hall–Kier alpha value is -1.81. The molecule has 0 saturated carbocycles. The van der Waals surface area contributed by atoms with E-state index in [0.29, 0.717) is 11.8 Å². The van der Waals surface area contributed by atoms with Crippen LogP contribution in [0.1, 0.15) is 16.7 Å².